The number of halogens is 1. The van der Waals surface area contributed by atoms with Crippen molar-refractivity contribution in [2.45, 2.75) is 20.4 Å². The molecule has 1 N–H and O–H groups in total. The summed E-state index contributed by atoms with van der Waals surface area (Å²) >= 11 is 1.45. The number of thiazole rings is 1. The molecule has 0 bridgehead atoms. The van der Waals surface area contributed by atoms with Crippen molar-refractivity contribution in [2.75, 3.05) is 0 Å². The maximum Gasteiger partial charge on any atom is 0.273 e. The summed E-state index contributed by atoms with van der Waals surface area (Å²) in [6.45, 7) is 3.78. The van der Waals surface area contributed by atoms with Crippen LogP contribution in [0.5, 0.6) is 0 Å². The molecule has 9 heteroatoms. The number of nitro benzene ring substituents is 1. The predicted octanol–water partition coefficient (Wildman–Crippen LogP) is 4.66. The number of nitrogens with one attached hydrogen (secondary N) is 1. The van der Waals surface area contributed by atoms with Crippen molar-refractivity contribution >= 4 is 27.9 Å². The molecule has 152 valence electrons. The quantitative estimate of drug-likeness (QED) is 0.373. The second-order valence-electron chi connectivity index (χ2n) is 6.79. The standard InChI is InChI=1S/C21H17FN4O3S/c1-12-16(4-3-5-18(12)26(28)29)20(27)23-10-19-13(2)25-11-17(24-21(25)30-19)14-6-8-15(22)9-7-14/h3-9,11H,10H2,1-2H3,(H,23,27). The van der Waals surface area contributed by atoms with Crippen LogP contribution in [0.3, 0.4) is 0 Å². The Morgan fingerprint density at radius 1 is 1.23 bits per heavy atom. The molecule has 2 aromatic heterocycles. The zero-order valence-electron chi connectivity index (χ0n) is 16.2. The van der Waals surface area contributed by atoms with Gasteiger partial charge in [-0.2, -0.15) is 0 Å². The van der Waals surface area contributed by atoms with Crippen molar-refractivity contribution in [3.63, 3.8) is 0 Å². The van der Waals surface area contributed by atoms with E-state index < -0.39 is 4.92 Å². The Bertz CT molecular complexity index is 1280. The Morgan fingerprint density at radius 3 is 2.63 bits per heavy atom. The first-order valence-corrected chi connectivity index (χ1v) is 9.92. The number of aromatic nitrogens is 2. The van der Waals surface area contributed by atoms with E-state index in [0.717, 1.165) is 26.8 Å². The summed E-state index contributed by atoms with van der Waals surface area (Å²) in [5.41, 5.74) is 3.03. The fourth-order valence-corrected chi connectivity index (χ4v) is 4.28. The van der Waals surface area contributed by atoms with E-state index in [-0.39, 0.29) is 29.5 Å². The third-order valence-electron chi connectivity index (χ3n) is 4.95. The lowest BCUT2D eigenvalue weighted by atomic mass is 10.1. The van der Waals surface area contributed by atoms with Crippen LogP contribution in [0.4, 0.5) is 10.1 Å². The van der Waals surface area contributed by atoms with E-state index in [1.54, 1.807) is 25.1 Å². The number of imidazole rings is 1. The number of benzene rings is 2. The molecule has 0 spiro atoms. The van der Waals surface area contributed by atoms with Crippen LogP contribution in [0.2, 0.25) is 0 Å². The normalized spacial score (nSPS) is 11.0. The topological polar surface area (TPSA) is 89.5 Å². The van der Waals surface area contributed by atoms with Crippen LogP contribution < -0.4 is 5.32 Å². The van der Waals surface area contributed by atoms with Crippen LogP contribution in [-0.4, -0.2) is 20.2 Å². The highest BCUT2D eigenvalue weighted by atomic mass is 32.1. The van der Waals surface area contributed by atoms with E-state index in [2.05, 4.69) is 10.3 Å². The molecule has 2 heterocycles. The van der Waals surface area contributed by atoms with E-state index in [1.807, 2.05) is 17.5 Å². The van der Waals surface area contributed by atoms with Gasteiger partial charge in [-0.05, 0) is 44.2 Å². The van der Waals surface area contributed by atoms with Crippen molar-refractivity contribution in [3.8, 4) is 11.3 Å². The molecule has 0 saturated heterocycles. The summed E-state index contributed by atoms with van der Waals surface area (Å²) in [5.74, 6) is -0.665. The maximum atomic E-state index is 13.1. The SMILES string of the molecule is Cc1c(C(=O)NCc2sc3nc(-c4ccc(F)cc4)cn3c2C)cccc1[N+](=O)[O-]. The number of hydrogen-bond acceptors (Lipinski definition) is 5. The maximum absolute atomic E-state index is 13.1. The molecule has 2 aromatic carbocycles. The van der Waals surface area contributed by atoms with Gasteiger partial charge in [-0.3, -0.25) is 19.3 Å². The minimum absolute atomic E-state index is 0.0817. The van der Waals surface area contributed by atoms with E-state index in [4.69, 9.17) is 0 Å². The molecule has 0 aliphatic heterocycles. The highest BCUT2D eigenvalue weighted by Gasteiger charge is 2.19. The number of carbonyl (C=O) groups is 1. The first-order valence-electron chi connectivity index (χ1n) is 9.10. The second-order valence-corrected chi connectivity index (χ2v) is 7.85. The van der Waals surface area contributed by atoms with Crippen LogP contribution in [0.1, 0.15) is 26.5 Å². The van der Waals surface area contributed by atoms with Crippen molar-refractivity contribution in [3.05, 3.63) is 86.3 Å². The Kier molecular flexibility index (Phi) is 5.04. The van der Waals surface area contributed by atoms with E-state index in [0.29, 0.717) is 5.56 Å². The van der Waals surface area contributed by atoms with Crippen LogP contribution in [0.15, 0.2) is 48.7 Å². The van der Waals surface area contributed by atoms with Crippen LogP contribution in [0.25, 0.3) is 16.2 Å². The fourth-order valence-electron chi connectivity index (χ4n) is 3.24. The third kappa shape index (κ3) is 3.55. The summed E-state index contributed by atoms with van der Waals surface area (Å²) in [6.07, 6.45) is 1.88. The van der Waals surface area contributed by atoms with Gasteiger partial charge in [0.25, 0.3) is 11.6 Å². The van der Waals surface area contributed by atoms with E-state index in [9.17, 15) is 19.3 Å². The van der Waals surface area contributed by atoms with Gasteiger partial charge in [-0.25, -0.2) is 9.37 Å². The smallest absolute Gasteiger partial charge is 0.273 e. The molecule has 4 aromatic rings. The molecule has 0 unspecified atom stereocenters. The van der Waals surface area contributed by atoms with Gasteiger partial charge in [0.05, 0.1) is 17.2 Å². The fraction of sp³-hybridized carbons (Fsp3) is 0.143. The zero-order valence-corrected chi connectivity index (χ0v) is 17.0. The molecule has 0 aliphatic rings. The minimum Gasteiger partial charge on any atom is -0.347 e. The molecule has 0 fully saturated rings. The number of hydrogen-bond donors (Lipinski definition) is 1. The molecule has 7 nitrogen and oxygen atoms in total. The van der Waals surface area contributed by atoms with Crippen LogP contribution in [0, 0.1) is 29.8 Å². The van der Waals surface area contributed by atoms with Crippen molar-refractivity contribution < 1.29 is 14.1 Å². The van der Waals surface area contributed by atoms with Crippen molar-refractivity contribution in [2.24, 2.45) is 0 Å². The van der Waals surface area contributed by atoms with Crippen molar-refractivity contribution in [1.82, 2.24) is 14.7 Å². The van der Waals surface area contributed by atoms with Gasteiger partial charge < -0.3 is 5.32 Å². The van der Waals surface area contributed by atoms with Gasteiger partial charge >= 0.3 is 0 Å². The van der Waals surface area contributed by atoms with Gasteiger partial charge in [0.1, 0.15) is 5.82 Å². The molecule has 0 radical (unpaired) electrons. The number of aryl methyl sites for hydroxylation is 1. The molecule has 0 atom stereocenters. The van der Waals surface area contributed by atoms with Gasteiger partial charge in [-0.15, -0.1) is 0 Å². The zero-order chi connectivity index (χ0) is 21.4. The number of amides is 1. The number of nitrogens with zero attached hydrogens (tertiary/aromatic N) is 3. The predicted molar refractivity (Wildman–Crippen MR) is 112 cm³/mol. The van der Waals surface area contributed by atoms with Gasteiger partial charge in [0, 0.05) is 39.5 Å². The highest BCUT2D eigenvalue weighted by molar-refractivity contribution is 7.17. The molecule has 30 heavy (non-hydrogen) atoms. The molecular formula is C21H17FN4O3S. The lowest BCUT2D eigenvalue weighted by Gasteiger charge is -2.07. The summed E-state index contributed by atoms with van der Waals surface area (Å²) < 4.78 is 15.1. The molecule has 0 aliphatic carbocycles. The monoisotopic (exact) mass is 424 g/mol. The van der Waals surface area contributed by atoms with Crippen LogP contribution >= 0.6 is 11.3 Å². The average molecular weight is 424 g/mol. The molecule has 1 amide bonds. The molecular weight excluding hydrogens is 407 g/mol. The Morgan fingerprint density at radius 2 is 1.97 bits per heavy atom. The number of rotatable bonds is 5. The lowest BCUT2D eigenvalue weighted by Crippen LogP contribution is -2.23. The summed E-state index contributed by atoms with van der Waals surface area (Å²) in [5, 5.41) is 13.9. The average Bonchev–Trinajstić information content (AvgIpc) is 3.26. The van der Waals surface area contributed by atoms with Crippen LogP contribution in [-0.2, 0) is 6.54 Å². The summed E-state index contributed by atoms with van der Waals surface area (Å²) in [7, 11) is 0. The van der Waals surface area contributed by atoms with Crippen molar-refractivity contribution in [1.29, 1.82) is 0 Å². The number of fused-ring (bicyclic) bond motifs is 1. The Balaban J connectivity index is 1.53. The summed E-state index contributed by atoms with van der Waals surface area (Å²) in [4.78, 5) is 29.4. The highest BCUT2D eigenvalue weighted by Crippen LogP contribution is 2.27. The number of nitro groups is 1. The minimum atomic E-state index is -0.497. The van der Waals surface area contributed by atoms with E-state index in [1.165, 1.54) is 35.6 Å². The second kappa shape index (κ2) is 7.68. The third-order valence-corrected chi connectivity index (χ3v) is 6.11. The van der Waals surface area contributed by atoms with Gasteiger partial charge in [0.15, 0.2) is 4.96 Å². The largest absolute Gasteiger partial charge is 0.347 e. The van der Waals surface area contributed by atoms with Gasteiger partial charge in [-0.1, -0.05) is 17.4 Å². The number of carbonyl (C=O) groups excluding carboxylic acids is 1. The Hall–Kier alpha value is -3.59. The summed E-state index contributed by atoms with van der Waals surface area (Å²) in [6, 6.07) is 10.6. The first-order chi connectivity index (χ1) is 14.3. The lowest BCUT2D eigenvalue weighted by molar-refractivity contribution is -0.385. The Labute approximate surface area is 175 Å². The first kappa shape index (κ1) is 19.7. The molecule has 4 rings (SSSR count). The van der Waals surface area contributed by atoms with E-state index >= 15 is 0 Å². The molecule has 0 saturated carbocycles. The van der Waals surface area contributed by atoms with Gasteiger partial charge in [0.2, 0.25) is 0 Å².